The van der Waals surface area contributed by atoms with E-state index in [0.29, 0.717) is 13.0 Å². The van der Waals surface area contributed by atoms with E-state index in [-0.39, 0.29) is 6.04 Å². The Hall–Kier alpha value is -0.980. The van der Waals surface area contributed by atoms with Crippen LogP contribution in [0.25, 0.3) is 0 Å². The van der Waals surface area contributed by atoms with Crippen molar-refractivity contribution in [3.63, 3.8) is 0 Å². The van der Waals surface area contributed by atoms with Crippen LogP contribution in [-0.2, 0) is 9.59 Å². The molecule has 0 spiro atoms. The van der Waals surface area contributed by atoms with Crippen LogP contribution in [-0.4, -0.2) is 94.4 Å². The molecule has 0 aromatic rings. The van der Waals surface area contributed by atoms with E-state index in [1.54, 1.807) is 7.05 Å². The molecular formula is C12H26N4O2. The molecule has 6 heteroatoms. The average Bonchev–Trinajstić information content (AvgIpc) is 2.39. The molecular weight excluding hydrogens is 232 g/mol. The fourth-order valence-corrected chi connectivity index (χ4v) is 1.51. The zero-order valence-electron chi connectivity index (χ0n) is 11.9. The Morgan fingerprint density at radius 2 is 1.67 bits per heavy atom. The molecule has 0 saturated carbocycles. The summed E-state index contributed by atoms with van der Waals surface area (Å²) in [6.45, 7) is 4.34. The quantitative estimate of drug-likeness (QED) is 0.468. The molecule has 1 amide bonds. The van der Waals surface area contributed by atoms with Gasteiger partial charge in [0.1, 0.15) is 6.29 Å². The minimum absolute atomic E-state index is 0.366. The third-order valence-electron chi connectivity index (χ3n) is 2.95. The van der Waals surface area contributed by atoms with E-state index in [1.807, 2.05) is 14.1 Å². The lowest BCUT2D eigenvalue weighted by atomic mass is 10.3. The zero-order chi connectivity index (χ0) is 14.0. The summed E-state index contributed by atoms with van der Waals surface area (Å²) in [7, 11) is 7.59. The van der Waals surface area contributed by atoms with Gasteiger partial charge < -0.3 is 24.8 Å². The highest BCUT2D eigenvalue weighted by atomic mass is 16.1. The Morgan fingerprint density at radius 3 is 2.17 bits per heavy atom. The van der Waals surface area contributed by atoms with Crippen molar-refractivity contribution in [3.05, 3.63) is 0 Å². The molecule has 18 heavy (non-hydrogen) atoms. The number of carbonyl (C=O) groups is 2. The summed E-state index contributed by atoms with van der Waals surface area (Å²) in [5.74, 6) is 0. The Morgan fingerprint density at radius 1 is 1.06 bits per heavy atom. The number of nitrogens with one attached hydrogen (secondary N) is 1. The Balaban J connectivity index is 3.90. The zero-order valence-corrected chi connectivity index (χ0v) is 11.9. The van der Waals surface area contributed by atoms with Crippen molar-refractivity contribution < 1.29 is 9.59 Å². The van der Waals surface area contributed by atoms with Crippen molar-refractivity contribution in [1.29, 1.82) is 0 Å². The van der Waals surface area contributed by atoms with Gasteiger partial charge >= 0.3 is 0 Å². The highest BCUT2D eigenvalue weighted by molar-refractivity contribution is 5.63. The molecule has 0 aromatic heterocycles. The molecule has 0 saturated heterocycles. The van der Waals surface area contributed by atoms with Crippen molar-refractivity contribution in [2.45, 2.75) is 6.04 Å². The number of nitrogens with zero attached hydrogens (tertiary/aromatic N) is 3. The van der Waals surface area contributed by atoms with E-state index in [0.717, 1.165) is 32.5 Å². The van der Waals surface area contributed by atoms with Gasteiger partial charge in [0.15, 0.2) is 0 Å². The van der Waals surface area contributed by atoms with E-state index in [1.165, 1.54) is 4.90 Å². The van der Waals surface area contributed by atoms with Crippen LogP contribution >= 0.6 is 0 Å². The molecule has 1 atom stereocenters. The van der Waals surface area contributed by atoms with E-state index in [9.17, 15) is 9.59 Å². The van der Waals surface area contributed by atoms with E-state index >= 15 is 0 Å². The van der Waals surface area contributed by atoms with Gasteiger partial charge in [0, 0.05) is 39.8 Å². The molecule has 0 aliphatic heterocycles. The molecule has 0 aliphatic carbocycles. The number of amides is 1. The van der Waals surface area contributed by atoms with Crippen molar-refractivity contribution in [3.8, 4) is 0 Å². The first-order valence-electron chi connectivity index (χ1n) is 6.19. The van der Waals surface area contributed by atoms with Crippen LogP contribution in [0, 0.1) is 0 Å². The molecule has 1 N–H and O–H groups in total. The molecule has 106 valence electrons. The van der Waals surface area contributed by atoms with Gasteiger partial charge in [-0.2, -0.15) is 0 Å². The second-order valence-corrected chi connectivity index (χ2v) is 4.64. The molecule has 1 unspecified atom stereocenters. The van der Waals surface area contributed by atoms with Crippen LogP contribution in [0.1, 0.15) is 0 Å². The van der Waals surface area contributed by atoms with Crippen LogP contribution in [0.2, 0.25) is 0 Å². The largest absolute Gasteiger partial charge is 0.337 e. The predicted octanol–water partition coefficient (Wildman–Crippen LogP) is -1.27. The minimum atomic E-state index is -0.366. The van der Waals surface area contributed by atoms with Crippen molar-refractivity contribution in [1.82, 2.24) is 20.0 Å². The first-order valence-corrected chi connectivity index (χ1v) is 6.19. The number of rotatable bonds is 11. The van der Waals surface area contributed by atoms with Crippen LogP contribution in [0.15, 0.2) is 0 Å². The lowest BCUT2D eigenvalue weighted by Gasteiger charge is -2.26. The second-order valence-electron chi connectivity index (χ2n) is 4.64. The molecule has 0 aromatic carbocycles. The maximum Gasteiger partial charge on any atom is 0.210 e. The molecule has 0 radical (unpaired) electrons. The fourth-order valence-electron chi connectivity index (χ4n) is 1.51. The van der Waals surface area contributed by atoms with Crippen molar-refractivity contribution in [2.24, 2.45) is 0 Å². The Bertz CT molecular complexity index is 238. The maximum absolute atomic E-state index is 10.9. The maximum atomic E-state index is 10.9. The molecule has 0 aliphatic rings. The van der Waals surface area contributed by atoms with Crippen molar-refractivity contribution >= 4 is 12.7 Å². The van der Waals surface area contributed by atoms with Gasteiger partial charge in [0.25, 0.3) is 0 Å². The molecule has 0 fully saturated rings. The van der Waals surface area contributed by atoms with Crippen LogP contribution < -0.4 is 5.32 Å². The summed E-state index contributed by atoms with van der Waals surface area (Å²) >= 11 is 0. The normalized spacial score (nSPS) is 12.8. The SMILES string of the molecule is CNCCN(C)CCN(C)CC(C=O)N(C)C=O. The van der Waals surface area contributed by atoms with Gasteiger partial charge in [0.2, 0.25) is 6.41 Å². The first kappa shape index (κ1) is 17.0. The summed E-state index contributed by atoms with van der Waals surface area (Å²) in [6.07, 6.45) is 1.50. The summed E-state index contributed by atoms with van der Waals surface area (Å²) in [6, 6.07) is -0.366. The third kappa shape index (κ3) is 7.37. The van der Waals surface area contributed by atoms with E-state index in [4.69, 9.17) is 0 Å². The van der Waals surface area contributed by atoms with Gasteiger partial charge in [-0.25, -0.2) is 0 Å². The van der Waals surface area contributed by atoms with Gasteiger partial charge in [-0.05, 0) is 21.1 Å². The minimum Gasteiger partial charge on any atom is -0.337 e. The van der Waals surface area contributed by atoms with Crippen molar-refractivity contribution in [2.75, 3.05) is 60.9 Å². The van der Waals surface area contributed by atoms with Crippen LogP contribution in [0.5, 0.6) is 0 Å². The van der Waals surface area contributed by atoms with Gasteiger partial charge in [-0.15, -0.1) is 0 Å². The molecule has 0 rings (SSSR count). The molecule has 0 heterocycles. The van der Waals surface area contributed by atoms with Gasteiger partial charge in [-0.3, -0.25) is 4.79 Å². The standard InChI is InChI=1S/C12H26N4O2/c1-13-5-6-14(2)7-8-15(3)9-12(10-17)16(4)11-18/h10-13H,5-9H2,1-4H3. The summed E-state index contributed by atoms with van der Waals surface area (Å²) in [5, 5.41) is 3.10. The lowest BCUT2D eigenvalue weighted by Crippen LogP contribution is -2.43. The lowest BCUT2D eigenvalue weighted by molar-refractivity contribution is -0.124. The first-order chi connectivity index (χ1) is 8.54. The number of aldehydes is 1. The molecule has 6 nitrogen and oxygen atoms in total. The molecule has 0 bridgehead atoms. The highest BCUT2D eigenvalue weighted by Gasteiger charge is 2.14. The monoisotopic (exact) mass is 258 g/mol. The smallest absolute Gasteiger partial charge is 0.210 e. The third-order valence-corrected chi connectivity index (χ3v) is 2.95. The fraction of sp³-hybridized carbons (Fsp3) is 0.833. The highest BCUT2D eigenvalue weighted by Crippen LogP contribution is 1.94. The Kier molecular flexibility index (Phi) is 9.45. The summed E-state index contributed by atoms with van der Waals surface area (Å²) < 4.78 is 0. The number of likely N-dealkylation sites (N-methyl/N-ethyl adjacent to an activating group) is 4. The summed E-state index contributed by atoms with van der Waals surface area (Å²) in [5.41, 5.74) is 0. The number of hydrogen-bond donors (Lipinski definition) is 1. The van der Waals surface area contributed by atoms with Gasteiger partial charge in [0.05, 0.1) is 6.04 Å². The van der Waals surface area contributed by atoms with E-state index in [2.05, 4.69) is 22.2 Å². The predicted molar refractivity (Wildman–Crippen MR) is 72.6 cm³/mol. The van der Waals surface area contributed by atoms with E-state index < -0.39 is 0 Å². The summed E-state index contributed by atoms with van der Waals surface area (Å²) in [4.78, 5) is 27.2. The second kappa shape index (κ2) is 9.99. The van der Waals surface area contributed by atoms with Gasteiger partial charge in [-0.1, -0.05) is 0 Å². The van der Waals surface area contributed by atoms with Crippen LogP contribution in [0.3, 0.4) is 0 Å². The average molecular weight is 258 g/mol. The Labute approximate surface area is 110 Å². The number of carbonyl (C=O) groups excluding carboxylic acids is 2. The number of hydrogen-bond acceptors (Lipinski definition) is 5. The van der Waals surface area contributed by atoms with Crippen LogP contribution in [0.4, 0.5) is 0 Å². The topological polar surface area (TPSA) is 55.9 Å².